The number of ether oxygens (including phenoxy) is 1. The first kappa shape index (κ1) is 25.6. The molecule has 2 fully saturated rings. The Balaban J connectivity index is 1.44. The predicted octanol–water partition coefficient (Wildman–Crippen LogP) is 3.93. The van der Waals surface area contributed by atoms with Gasteiger partial charge in [0, 0.05) is 17.7 Å². The van der Waals surface area contributed by atoms with Crippen molar-refractivity contribution in [3.63, 3.8) is 0 Å². The highest BCUT2D eigenvalue weighted by atomic mass is 32.2. The van der Waals surface area contributed by atoms with Crippen molar-refractivity contribution in [2.24, 2.45) is 11.7 Å². The molecule has 2 aliphatic rings. The van der Waals surface area contributed by atoms with Gasteiger partial charge < -0.3 is 31.0 Å². The fraction of sp³-hybridized carbons (Fsp3) is 0.440. The zero-order valence-corrected chi connectivity index (χ0v) is 21.5. The molecule has 10 nitrogen and oxygen atoms in total. The van der Waals surface area contributed by atoms with Crippen LogP contribution in [0.25, 0.3) is 11.0 Å². The molecule has 1 aliphatic heterocycles. The Labute approximate surface area is 218 Å². The molecule has 3 N–H and O–H groups in total. The fourth-order valence-corrected chi connectivity index (χ4v) is 6.49. The van der Waals surface area contributed by atoms with Crippen LogP contribution in [0.3, 0.4) is 0 Å². The summed E-state index contributed by atoms with van der Waals surface area (Å²) in [5.74, 6) is 5.47. The number of quaternary nitrogens is 1. The normalized spacial score (nSPS) is 26.8. The number of nitrogens with one attached hydrogen (secondary N) is 1. The number of pyridine rings is 2. The van der Waals surface area contributed by atoms with Crippen molar-refractivity contribution in [2.45, 2.75) is 49.3 Å². The second-order valence-corrected chi connectivity index (χ2v) is 11.4. The first-order valence-electron chi connectivity index (χ1n) is 11.9. The maximum Gasteiger partial charge on any atom is 0.233 e. The lowest BCUT2D eigenvalue weighted by atomic mass is 9.90. The van der Waals surface area contributed by atoms with Gasteiger partial charge in [0.25, 0.3) is 0 Å². The molecular formula is C25H27FN7O3S-. The number of fused-ring (bicyclic) bond motifs is 1. The largest absolute Gasteiger partial charge is 0.631 e. The monoisotopic (exact) mass is 524 g/mol. The Morgan fingerprint density at radius 3 is 2.76 bits per heavy atom. The molecule has 0 radical (unpaired) electrons. The molecule has 1 saturated carbocycles. The van der Waals surface area contributed by atoms with Crippen LogP contribution in [0.15, 0.2) is 30.7 Å². The van der Waals surface area contributed by atoms with Crippen molar-refractivity contribution in [3.8, 4) is 17.7 Å². The minimum Gasteiger partial charge on any atom is -0.631 e. The third-order valence-corrected chi connectivity index (χ3v) is 8.79. The van der Waals surface area contributed by atoms with E-state index < -0.39 is 26.4 Å². The molecule has 194 valence electrons. The van der Waals surface area contributed by atoms with Crippen molar-refractivity contribution >= 4 is 34.3 Å². The van der Waals surface area contributed by atoms with Gasteiger partial charge in [-0.3, -0.25) is 0 Å². The molecule has 0 bridgehead atoms. The van der Waals surface area contributed by atoms with Crippen LogP contribution in [0.4, 0.5) is 15.9 Å². The summed E-state index contributed by atoms with van der Waals surface area (Å²) in [6.45, 7) is 4.88. The SMILES string of the molecule is CC#CCOc1cnc2c(Nc3cnc(F)c([C@]4(C)C[N+]([O-])([O-])[C@@](C)(C5CC5)C(N)S4)c3)nccc2n1. The van der Waals surface area contributed by atoms with Gasteiger partial charge >= 0.3 is 0 Å². The molecule has 37 heavy (non-hydrogen) atoms. The lowest BCUT2D eigenvalue weighted by Gasteiger charge is -2.67. The van der Waals surface area contributed by atoms with Crippen LogP contribution in [-0.4, -0.2) is 48.8 Å². The van der Waals surface area contributed by atoms with Gasteiger partial charge in [-0.2, -0.15) is 4.39 Å². The molecule has 0 aromatic carbocycles. The van der Waals surface area contributed by atoms with E-state index in [-0.39, 0.29) is 24.6 Å². The van der Waals surface area contributed by atoms with E-state index in [1.807, 2.05) is 0 Å². The van der Waals surface area contributed by atoms with E-state index in [9.17, 15) is 10.4 Å². The lowest BCUT2D eigenvalue weighted by Crippen LogP contribution is -2.71. The first-order chi connectivity index (χ1) is 17.6. The highest BCUT2D eigenvalue weighted by Gasteiger charge is 2.60. The minimum atomic E-state index is -1.77. The van der Waals surface area contributed by atoms with Gasteiger partial charge in [-0.05, 0) is 45.7 Å². The van der Waals surface area contributed by atoms with Crippen LogP contribution in [0.1, 0.15) is 39.2 Å². The Morgan fingerprint density at radius 1 is 1.27 bits per heavy atom. The van der Waals surface area contributed by atoms with E-state index >= 15 is 4.39 Å². The maximum atomic E-state index is 15.0. The van der Waals surface area contributed by atoms with E-state index in [0.29, 0.717) is 28.4 Å². The second-order valence-electron chi connectivity index (χ2n) is 9.74. The standard InChI is InChI=1S/C25H27FN7O3S/c1-4-5-10-36-19-13-29-20-18(32-19)8-9-28-22(20)31-16-11-17(21(26)30-12-16)24(2)14-33(34,35)25(3,15-6-7-15)23(27)37-24/h8-9,11-13,15,23H,6-7,10,14,27H2,1-3H3,(H,28,31)/q-1/t23?,24-,25-/m0/s1. The summed E-state index contributed by atoms with van der Waals surface area (Å²) in [6, 6.07) is 3.23. The maximum absolute atomic E-state index is 15.0. The summed E-state index contributed by atoms with van der Waals surface area (Å²) in [5, 5.41) is 28.9. The lowest BCUT2D eigenvalue weighted by molar-refractivity contribution is -0.891. The zero-order valence-electron chi connectivity index (χ0n) is 20.7. The van der Waals surface area contributed by atoms with E-state index in [1.165, 1.54) is 30.2 Å². The van der Waals surface area contributed by atoms with E-state index in [2.05, 4.69) is 37.1 Å². The third kappa shape index (κ3) is 4.58. The average Bonchev–Trinajstić information content (AvgIpc) is 3.69. The van der Waals surface area contributed by atoms with Gasteiger partial charge in [-0.15, -0.1) is 17.7 Å². The number of anilines is 2. The van der Waals surface area contributed by atoms with Gasteiger partial charge in [0.05, 0.1) is 34.9 Å². The summed E-state index contributed by atoms with van der Waals surface area (Å²) in [6.07, 6.45) is 5.96. The molecule has 0 amide bonds. The van der Waals surface area contributed by atoms with Crippen molar-refractivity contribution in [2.75, 3.05) is 18.5 Å². The average molecular weight is 525 g/mol. The van der Waals surface area contributed by atoms with E-state index in [1.54, 1.807) is 33.0 Å². The number of aromatic nitrogens is 4. The molecule has 12 heteroatoms. The van der Waals surface area contributed by atoms with Crippen LogP contribution in [-0.2, 0) is 4.75 Å². The second kappa shape index (κ2) is 9.34. The Hall–Kier alpha value is -3.08. The topological polar surface area (TPSA) is 145 Å². The van der Waals surface area contributed by atoms with Crippen LogP contribution in [0.5, 0.6) is 5.88 Å². The number of hydrogen-bond acceptors (Lipinski definition) is 10. The summed E-state index contributed by atoms with van der Waals surface area (Å²) >= 11 is 1.25. The smallest absolute Gasteiger partial charge is 0.233 e. The Kier molecular flexibility index (Phi) is 6.45. The van der Waals surface area contributed by atoms with Gasteiger partial charge in [-0.1, -0.05) is 5.92 Å². The first-order valence-corrected chi connectivity index (χ1v) is 12.8. The highest BCUT2D eigenvalue weighted by Crippen LogP contribution is 2.57. The molecule has 5 rings (SSSR count). The van der Waals surface area contributed by atoms with Gasteiger partial charge in [0.2, 0.25) is 11.8 Å². The summed E-state index contributed by atoms with van der Waals surface area (Å²) in [4.78, 5) is 15.3. The number of hydrogen-bond donors (Lipinski definition) is 2. The number of halogens is 1. The highest BCUT2D eigenvalue weighted by molar-refractivity contribution is 8.00. The van der Waals surface area contributed by atoms with Crippen molar-refractivity contribution < 1.29 is 13.9 Å². The van der Waals surface area contributed by atoms with Crippen LogP contribution in [0, 0.1) is 34.1 Å². The van der Waals surface area contributed by atoms with E-state index in [0.717, 1.165) is 12.8 Å². The van der Waals surface area contributed by atoms with Crippen molar-refractivity contribution in [1.29, 1.82) is 0 Å². The Morgan fingerprint density at radius 2 is 2.05 bits per heavy atom. The predicted molar refractivity (Wildman–Crippen MR) is 140 cm³/mol. The molecule has 3 atom stereocenters. The van der Waals surface area contributed by atoms with Gasteiger partial charge in [0.15, 0.2) is 12.4 Å². The third-order valence-electron chi connectivity index (χ3n) is 7.19. The number of thioether (sulfide) groups is 1. The summed E-state index contributed by atoms with van der Waals surface area (Å²) in [7, 11) is 0. The summed E-state index contributed by atoms with van der Waals surface area (Å²) in [5.41, 5.74) is 6.80. The molecule has 1 saturated heterocycles. The molecule has 1 unspecified atom stereocenters. The van der Waals surface area contributed by atoms with Crippen LogP contribution >= 0.6 is 11.8 Å². The zero-order chi connectivity index (χ0) is 26.4. The fourth-order valence-electron chi connectivity index (χ4n) is 4.82. The quantitative estimate of drug-likeness (QED) is 0.210. The minimum absolute atomic E-state index is 0.0189. The van der Waals surface area contributed by atoms with Crippen molar-refractivity contribution in [1.82, 2.24) is 19.9 Å². The molecule has 3 aromatic heterocycles. The molecule has 0 spiro atoms. The van der Waals surface area contributed by atoms with Crippen molar-refractivity contribution in [3.05, 3.63) is 52.6 Å². The number of nitrogens with zero attached hydrogens (tertiary/aromatic N) is 5. The molecule has 1 aliphatic carbocycles. The van der Waals surface area contributed by atoms with Crippen LogP contribution < -0.4 is 15.8 Å². The number of rotatable bonds is 6. The molecular weight excluding hydrogens is 497 g/mol. The summed E-state index contributed by atoms with van der Waals surface area (Å²) < 4.78 is 19.3. The Bertz CT molecular complexity index is 1410. The molecule has 4 heterocycles. The van der Waals surface area contributed by atoms with Crippen LogP contribution in [0.2, 0.25) is 0 Å². The van der Waals surface area contributed by atoms with Gasteiger partial charge in [-0.25, -0.2) is 19.9 Å². The van der Waals surface area contributed by atoms with E-state index in [4.69, 9.17) is 10.5 Å². The number of hydroxylamine groups is 4. The van der Waals surface area contributed by atoms with Gasteiger partial charge in [0.1, 0.15) is 16.4 Å². The molecule has 3 aromatic rings. The number of nitrogens with two attached hydrogens (primary N) is 1.